The number of aromatic nitrogens is 3. The van der Waals surface area contributed by atoms with E-state index in [4.69, 9.17) is 5.11 Å². The molecule has 1 amide bonds. The van der Waals surface area contributed by atoms with Crippen molar-refractivity contribution >= 4 is 11.9 Å². The number of aliphatic carboxylic acids is 1. The monoisotopic (exact) mass is 294 g/mol. The molecule has 0 radical (unpaired) electrons. The van der Waals surface area contributed by atoms with Gasteiger partial charge >= 0.3 is 5.97 Å². The van der Waals surface area contributed by atoms with Gasteiger partial charge in [0, 0.05) is 6.42 Å². The molecular formula is C14H22N4O3. The zero-order chi connectivity index (χ0) is 15.1. The summed E-state index contributed by atoms with van der Waals surface area (Å²) in [6.45, 7) is 0.0751. The van der Waals surface area contributed by atoms with Crippen LogP contribution in [0.1, 0.15) is 50.6 Å². The summed E-state index contributed by atoms with van der Waals surface area (Å²) < 4.78 is 1.24. The minimum atomic E-state index is -0.969. The van der Waals surface area contributed by atoms with Gasteiger partial charge < -0.3 is 10.4 Å². The molecular weight excluding hydrogens is 272 g/mol. The van der Waals surface area contributed by atoms with E-state index in [1.165, 1.54) is 43.0 Å². The minimum Gasteiger partial charge on any atom is -0.480 e. The van der Waals surface area contributed by atoms with E-state index >= 15 is 0 Å². The van der Waals surface area contributed by atoms with Crippen LogP contribution in [0.25, 0.3) is 0 Å². The van der Waals surface area contributed by atoms with Crippen molar-refractivity contribution in [1.29, 1.82) is 0 Å². The molecule has 1 aromatic heterocycles. The van der Waals surface area contributed by atoms with Crippen LogP contribution in [0.4, 0.5) is 0 Å². The molecule has 0 atom stereocenters. The Kier molecular flexibility index (Phi) is 5.71. The van der Waals surface area contributed by atoms with E-state index in [0.29, 0.717) is 24.6 Å². The van der Waals surface area contributed by atoms with Crippen LogP contribution in [-0.4, -0.2) is 32.0 Å². The lowest BCUT2D eigenvalue weighted by atomic mass is 9.86. The maximum absolute atomic E-state index is 11.8. The first-order valence-corrected chi connectivity index (χ1v) is 7.51. The van der Waals surface area contributed by atoms with Crippen LogP contribution in [0.15, 0.2) is 6.20 Å². The van der Waals surface area contributed by atoms with Gasteiger partial charge in [0.25, 0.3) is 0 Å². The fourth-order valence-corrected chi connectivity index (χ4v) is 2.72. The average Bonchev–Trinajstić information content (AvgIpc) is 2.91. The van der Waals surface area contributed by atoms with Crippen molar-refractivity contribution < 1.29 is 14.7 Å². The number of carboxylic acid groups (broad SMARTS) is 1. The van der Waals surface area contributed by atoms with Crippen LogP contribution in [0, 0.1) is 5.92 Å². The van der Waals surface area contributed by atoms with Crippen LogP contribution in [0.2, 0.25) is 0 Å². The van der Waals surface area contributed by atoms with Crippen molar-refractivity contribution in [2.45, 2.75) is 58.0 Å². The van der Waals surface area contributed by atoms with Crippen LogP contribution < -0.4 is 5.32 Å². The summed E-state index contributed by atoms with van der Waals surface area (Å²) in [7, 11) is 0. The van der Waals surface area contributed by atoms with Crippen molar-refractivity contribution in [1.82, 2.24) is 20.3 Å². The summed E-state index contributed by atoms with van der Waals surface area (Å²) in [6.07, 6.45) is 9.45. The Hall–Kier alpha value is -1.92. The maximum Gasteiger partial charge on any atom is 0.325 e. The smallest absolute Gasteiger partial charge is 0.325 e. The normalized spacial score (nSPS) is 15.8. The highest BCUT2D eigenvalue weighted by atomic mass is 16.4. The predicted molar refractivity (Wildman–Crippen MR) is 75.3 cm³/mol. The molecule has 0 unspecified atom stereocenters. The molecule has 0 bridgehead atoms. The third kappa shape index (κ3) is 5.53. The molecule has 1 saturated carbocycles. The first-order chi connectivity index (χ1) is 10.1. The molecule has 2 rings (SSSR count). The molecule has 0 spiro atoms. The van der Waals surface area contributed by atoms with Gasteiger partial charge in [-0.1, -0.05) is 37.3 Å². The summed E-state index contributed by atoms with van der Waals surface area (Å²) in [5.41, 5.74) is 0.572. The highest BCUT2D eigenvalue weighted by Gasteiger charge is 2.15. The highest BCUT2D eigenvalue weighted by molar-refractivity contribution is 5.75. The van der Waals surface area contributed by atoms with Crippen LogP contribution >= 0.6 is 0 Å². The van der Waals surface area contributed by atoms with Crippen LogP contribution in [-0.2, 0) is 22.7 Å². The number of hydrogen-bond acceptors (Lipinski definition) is 4. The van der Waals surface area contributed by atoms with Crippen molar-refractivity contribution in [3.8, 4) is 0 Å². The van der Waals surface area contributed by atoms with Gasteiger partial charge in [0.05, 0.1) is 12.7 Å². The van der Waals surface area contributed by atoms with Gasteiger partial charge in [-0.2, -0.15) is 0 Å². The van der Waals surface area contributed by atoms with E-state index in [2.05, 4.69) is 15.6 Å². The zero-order valence-corrected chi connectivity index (χ0v) is 12.1. The SMILES string of the molecule is O=C(O)Cn1cc(CNC(=O)CCC2CCCCC2)nn1. The fraction of sp³-hybridized carbons (Fsp3) is 0.714. The molecule has 21 heavy (non-hydrogen) atoms. The summed E-state index contributed by atoms with van der Waals surface area (Å²) >= 11 is 0. The Morgan fingerprint density at radius 1 is 1.33 bits per heavy atom. The summed E-state index contributed by atoms with van der Waals surface area (Å²) in [4.78, 5) is 22.3. The third-order valence-electron chi connectivity index (χ3n) is 3.85. The molecule has 1 aliphatic rings. The molecule has 116 valence electrons. The summed E-state index contributed by atoms with van der Waals surface area (Å²) in [6, 6.07) is 0. The Balaban J connectivity index is 1.66. The second kappa shape index (κ2) is 7.75. The Labute approximate surface area is 123 Å². The molecule has 0 saturated heterocycles. The van der Waals surface area contributed by atoms with Gasteiger partial charge in [-0.25, -0.2) is 4.68 Å². The molecule has 0 aromatic carbocycles. The topological polar surface area (TPSA) is 97.1 Å². The lowest BCUT2D eigenvalue weighted by Crippen LogP contribution is -2.23. The number of nitrogens with zero attached hydrogens (tertiary/aromatic N) is 3. The third-order valence-corrected chi connectivity index (χ3v) is 3.85. The molecule has 1 heterocycles. The quantitative estimate of drug-likeness (QED) is 0.791. The van der Waals surface area contributed by atoms with E-state index in [-0.39, 0.29) is 12.5 Å². The first-order valence-electron chi connectivity index (χ1n) is 7.51. The summed E-state index contributed by atoms with van der Waals surface area (Å²) in [5.74, 6) is -0.253. The van der Waals surface area contributed by atoms with Crippen molar-refractivity contribution in [2.24, 2.45) is 5.92 Å². The molecule has 2 N–H and O–H groups in total. The molecule has 1 aliphatic carbocycles. The predicted octanol–water partition coefficient (Wildman–Crippen LogP) is 1.34. The first kappa shape index (κ1) is 15.5. The molecule has 7 nitrogen and oxygen atoms in total. The number of rotatable bonds is 7. The largest absolute Gasteiger partial charge is 0.480 e. The number of amides is 1. The van der Waals surface area contributed by atoms with Gasteiger partial charge in [-0.15, -0.1) is 5.10 Å². The lowest BCUT2D eigenvalue weighted by Gasteiger charge is -2.20. The van der Waals surface area contributed by atoms with Gasteiger partial charge in [0.1, 0.15) is 12.2 Å². The standard InChI is InChI=1S/C14H22N4O3/c19-13(7-6-11-4-2-1-3-5-11)15-8-12-9-18(17-16-12)10-14(20)21/h9,11H,1-8,10H2,(H,15,19)(H,20,21). The number of nitrogens with one attached hydrogen (secondary N) is 1. The molecule has 7 heteroatoms. The van der Waals surface area contributed by atoms with Crippen molar-refractivity contribution in [2.75, 3.05) is 0 Å². The van der Waals surface area contributed by atoms with E-state index < -0.39 is 5.97 Å². The minimum absolute atomic E-state index is 0.0216. The Morgan fingerprint density at radius 2 is 2.10 bits per heavy atom. The molecule has 1 aromatic rings. The van der Waals surface area contributed by atoms with E-state index in [1.807, 2.05) is 0 Å². The van der Waals surface area contributed by atoms with Crippen LogP contribution in [0.3, 0.4) is 0 Å². The van der Waals surface area contributed by atoms with E-state index in [0.717, 1.165) is 6.42 Å². The second-order valence-electron chi connectivity index (χ2n) is 5.62. The maximum atomic E-state index is 11.8. The second-order valence-corrected chi connectivity index (χ2v) is 5.62. The molecule has 1 fully saturated rings. The van der Waals surface area contributed by atoms with Gasteiger partial charge in [-0.05, 0) is 12.3 Å². The van der Waals surface area contributed by atoms with Crippen molar-refractivity contribution in [3.63, 3.8) is 0 Å². The number of carbonyl (C=O) groups is 2. The molecule has 0 aliphatic heterocycles. The fourth-order valence-electron chi connectivity index (χ4n) is 2.72. The Morgan fingerprint density at radius 3 is 2.81 bits per heavy atom. The van der Waals surface area contributed by atoms with E-state index in [1.54, 1.807) is 0 Å². The van der Waals surface area contributed by atoms with Gasteiger partial charge in [0.15, 0.2) is 0 Å². The number of carboxylic acids is 1. The zero-order valence-electron chi connectivity index (χ0n) is 12.1. The lowest BCUT2D eigenvalue weighted by molar-refractivity contribution is -0.138. The summed E-state index contributed by atoms with van der Waals surface area (Å²) in [5, 5.41) is 18.9. The Bertz CT molecular complexity index is 480. The van der Waals surface area contributed by atoms with Gasteiger partial charge in [-0.3, -0.25) is 9.59 Å². The van der Waals surface area contributed by atoms with Gasteiger partial charge in [0.2, 0.25) is 5.91 Å². The number of hydrogen-bond donors (Lipinski definition) is 2. The average molecular weight is 294 g/mol. The van der Waals surface area contributed by atoms with Crippen LogP contribution in [0.5, 0.6) is 0 Å². The van der Waals surface area contributed by atoms with Crippen molar-refractivity contribution in [3.05, 3.63) is 11.9 Å². The number of carbonyl (C=O) groups excluding carboxylic acids is 1. The van der Waals surface area contributed by atoms with E-state index in [9.17, 15) is 9.59 Å². The highest BCUT2D eigenvalue weighted by Crippen LogP contribution is 2.27.